The van der Waals surface area contributed by atoms with Crippen LogP contribution < -0.4 is 5.32 Å². The summed E-state index contributed by atoms with van der Waals surface area (Å²) in [5.41, 5.74) is 0.724. The van der Waals surface area contributed by atoms with Crippen LogP contribution in [0.5, 0.6) is 0 Å². The molecule has 0 aromatic carbocycles. The van der Waals surface area contributed by atoms with E-state index in [-0.39, 0.29) is 0 Å². The second-order valence-corrected chi connectivity index (χ2v) is 3.72. The Kier molecular flexibility index (Phi) is 4.21. The molecule has 2 aromatic rings. The number of nitrogens with zero attached hydrogens (tertiary/aromatic N) is 3. The van der Waals surface area contributed by atoms with Gasteiger partial charge in [0.1, 0.15) is 12.1 Å². The van der Waals surface area contributed by atoms with Crippen LogP contribution in [0.3, 0.4) is 0 Å². The van der Waals surface area contributed by atoms with Gasteiger partial charge in [-0.25, -0.2) is 15.0 Å². The van der Waals surface area contributed by atoms with E-state index in [4.69, 9.17) is 4.74 Å². The van der Waals surface area contributed by atoms with Gasteiger partial charge in [-0.05, 0) is 25.0 Å². The van der Waals surface area contributed by atoms with E-state index in [2.05, 4.69) is 20.3 Å². The number of fused-ring (bicyclic) bond motifs is 1. The number of anilines is 1. The number of unbranched alkanes of at least 4 members (excludes halogenated alkanes) is 1. The molecule has 1 N–H and O–H groups in total. The Hall–Kier alpha value is -1.75. The maximum Gasteiger partial charge on any atom is 0.164 e. The molecule has 5 nitrogen and oxygen atoms in total. The summed E-state index contributed by atoms with van der Waals surface area (Å²) in [6, 6.07) is 3.86. The van der Waals surface area contributed by atoms with Gasteiger partial charge in [-0.2, -0.15) is 0 Å². The van der Waals surface area contributed by atoms with Crippen LogP contribution in [0.15, 0.2) is 24.7 Å². The minimum absolute atomic E-state index is 0.724. The lowest BCUT2D eigenvalue weighted by molar-refractivity contribution is 0.194. The number of nitrogens with one attached hydrogen (secondary N) is 1. The van der Waals surface area contributed by atoms with Gasteiger partial charge in [0.05, 0.1) is 5.39 Å². The van der Waals surface area contributed by atoms with Crippen LogP contribution in [0, 0.1) is 0 Å². The third-order valence-corrected chi connectivity index (χ3v) is 2.48. The first-order chi connectivity index (χ1) is 8.42. The van der Waals surface area contributed by atoms with Crippen LogP contribution >= 0.6 is 0 Å². The highest BCUT2D eigenvalue weighted by molar-refractivity contribution is 5.85. The minimum Gasteiger partial charge on any atom is -0.385 e. The number of methoxy groups -OCH3 is 1. The molecule has 0 unspecified atom stereocenters. The summed E-state index contributed by atoms with van der Waals surface area (Å²) < 4.78 is 5.00. The van der Waals surface area contributed by atoms with Crippen LogP contribution in [0.4, 0.5) is 5.82 Å². The predicted molar refractivity (Wildman–Crippen MR) is 66.9 cm³/mol. The van der Waals surface area contributed by atoms with E-state index >= 15 is 0 Å². The van der Waals surface area contributed by atoms with Crippen LogP contribution in [0.2, 0.25) is 0 Å². The molecule has 2 aromatic heterocycles. The average molecular weight is 232 g/mol. The number of pyridine rings is 1. The zero-order valence-electron chi connectivity index (χ0n) is 9.89. The highest BCUT2D eigenvalue weighted by Gasteiger charge is 2.02. The van der Waals surface area contributed by atoms with Gasteiger partial charge in [-0.1, -0.05) is 0 Å². The molecule has 0 aliphatic heterocycles. The average Bonchev–Trinajstić information content (AvgIpc) is 2.39. The van der Waals surface area contributed by atoms with Crippen molar-refractivity contribution in [2.24, 2.45) is 0 Å². The molecule has 0 saturated carbocycles. The maximum atomic E-state index is 5.00. The van der Waals surface area contributed by atoms with Crippen LogP contribution in [0.1, 0.15) is 12.8 Å². The fourth-order valence-corrected chi connectivity index (χ4v) is 1.61. The molecule has 0 spiro atoms. The summed E-state index contributed by atoms with van der Waals surface area (Å²) in [6.07, 6.45) is 5.37. The van der Waals surface area contributed by atoms with Gasteiger partial charge in [0, 0.05) is 26.5 Å². The lowest BCUT2D eigenvalue weighted by Crippen LogP contribution is -2.05. The number of rotatable bonds is 6. The molecule has 2 rings (SSSR count). The Morgan fingerprint density at radius 1 is 1.24 bits per heavy atom. The first-order valence-corrected chi connectivity index (χ1v) is 5.70. The van der Waals surface area contributed by atoms with Gasteiger partial charge >= 0.3 is 0 Å². The van der Waals surface area contributed by atoms with E-state index in [0.717, 1.165) is 42.8 Å². The van der Waals surface area contributed by atoms with Crippen molar-refractivity contribution in [3.05, 3.63) is 24.7 Å². The second-order valence-electron chi connectivity index (χ2n) is 3.72. The molecular weight excluding hydrogens is 216 g/mol. The van der Waals surface area contributed by atoms with Crippen molar-refractivity contribution in [1.82, 2.24) is 15.0 Å². The summed E-state index contributed by atoms with van der Waals surface area (Å²) in [7, 11) is 1.72. The SMILES string of the molecule is COCCCCNc1ncnc2ncccc12. The lowest BCUT2D eigenvalue weighted by Gasteiger charge is -2.07. The van der Waals surface area contributed by atoms with Crippen molar-refractivity contribution in [2.75, 3.05) is 25.6 Å². The standard InChI is InChI=1S/C12H16N4O/c1-17-8-3-2-6-13-11-10-5-4-7-14-12(10)16-9-15-11/h4-5,7,9H,2-3,6,8H2,1H3,(H,13,14,15,16). The van der Waals surface area contributed by atoms with Crippen LogP contribution in [-0.4, -0.2) is 35.2 Å². The van der Waals surface area contributed by atoms with E-state index in [1.165, 1.54) is 6.33 Å². The predicted octanol–water partition coefficient (Wildman–Crippen LogP) is 1.86. The van der Waals surface area contributed by atoms with Gasteiger partial charge in [0.25, 0.3) is 0 Å². The van der Waals surface area contributed by atoms with Gasteiger partial charge in [-0.3, -0.25) is 0 Å². The molecule has 0 saturated heterocycles. The fraction of sp³-hybridized carbons (Fsp3) is 0.417. The van der Waals surface area contributed by atoms with Crippen molar-refractivity contribution >= 4 is 16.9 Å². The molecule has 5 heteroatoms. The van der Waals surface area contributed by atoms with Gasteiger partial charge in [-0.15, -0.1) is 0 Å². The van der Waals surface area contributed by atoms with Crippen molar-refractivity contribution < 1.29 is 4.74 Å². The quantitative estimate of drug-likeness (QED) is 0.770. The fourth-order valence-electron chi connectivity index (χ4n) is 1.61. The topological polar surface area (TPSA) is 59.9 Å². The monoisotopic (exact) mass is 232 g/mol. The Bertz CT molecular complexity index is 470. The van der Waals surface area contributed by atoms with E-state index in [1.54, 1.807) is 13.3 Å². The second kappa shape index (κ2) is 6.10. The summed E-state index contributed by atoms with van der Waals surface area (Å²) in [5.74, 6) is 0.848. The molecule has 17 heavy (non-hydrogen) atoms. The number of hydrogen-bond acceptors (Lipinski definition) is 5. The zero-order valence-corrected chi connectivity index (χ0v) is 9.89. The largest absolute Gasteiger partial charge is 0.385 e. The molecule has 0 amide bonds. The molecular formula is C12H16N4O. The van der Waals surface area contributed by atoms with E-state index < -0.39 is 0 Å². The number of aromatic nitrogens is 3. The van der Waals surface area contributed by atoms with Crippen LogP contribution in [0.25, 0.3) is 11.0 Å². The van der Waals surface area contributed by atoms with Gasteiger partial charge < -0.3 is 10.1 Å². The lowest BCUT2D eigenvalue weighted by atomic mass is 10.3. The Labute approximate surface area is 100 Å². The summed E-state index contributed by atoms with van der Waals surface area (Å²) >= 11 is 0. The van der Waals surface area contributed by atoms with E-state index in [9.17, 15) is 0 Å². The Morgan fingerprint density at radius 3 is 3.06 bits per heavy atom. The molecule has 90 valence electrons. The van der Waals surface area contributed by atoms with Gasteiger partial charge in [0.15, 0.2) is 5.65 Å². The van der Waals surface area contributed by atoms with Crippen molar-refractivity contribution in [2.45, 2.75) is 12.8 Å². The molecule has 0 atom stereocenters. The Morgan fingerprint density at radius 2 is 2.18 bits per heavy atom. The van der Waals surface area contributed by atoms with E-state index in [0.29, 0.717) is 0 Å². The van der Waals surface area contributed by atoms with Crippen molar-refractivity contribution in [3.63, 3.8) is 0 Å². The molecule has 0 aliphatic carbocycles. The third-order valence-electron chi connectivity index (χ3n) is 2.48. The number of ether oxygens (including phenoxy) is 1. The molecule has 0 aliphatic rings. The molecule has 2 heterocycles. The zero-order chi connectivity index (χ0) is 11.9. The highest BCUT2D eigenvalue weighted by Crippen LogP contribution is 2.16. The summed E-state index contributed by atoms with van der Waals surface area (Å²) in [6.45, 7) is 1.68. The first kappa shape index (κ1) is 11.7. The minimum atomic E-state index is 0.724. The van der Waals surface area contributed by atoms with E-state index in [1.807, 2.05) is 12.1 Å². The number of hydrogen-bond donors (Lipinski definition) is 1. The summed E-state index contributed by atoms with van der Waals surface area (Å²) in [5, 5.41) is 4.26. The normalized spacial score (nSPS) is 10.6. The molecule has 0 fully saturated rings. The Balaban J connectivity index is 1.98. The van der Waals surface area contributed by atoms with Crippen molar-refractivity contribution in [1.29, 1.82) is 0 Å². The van der Waals surface area contributed by atoms with Crippen molar-refractivity contribution in [3.8, 4) is 0 Å². The molecule has 0 bridgehead atoms. The highest BCUT2D eigenvalue weighted by atomic mass is 16.5. The molecule has 0 radical (unpaired) electrons. The maximum absolute atomic E-state index is 5.00. The third kappa shape index (κ3) is 3.10. The smallest absolute Gasteiger partial charge is 0.164 e. The first-order valence-electron chi connectivity index (χ1n) is 5.70. The van der Waals surface area contributed by atoms with Gasteiger partial charge in [0.2, 0.25) is 0 Å². The summed E-state index contributed by atoms with van der Waals surface area (Å²) in [4.78, 5) is 12.5. The van der Waals surface area contributed by atoms with Crippen LogP contribution in [-0.2, 0) is 4.74 Å².